The molecule has 0 unspecified atom stereocenters. The number of ether oxygens (including phenoxy) is 1. The summed E-state index contributed by atoms with van der Waals surface area (Å²) in [5.74, 6) is -0.612. The van der Waals surface area contributed by atoms with E-state index in [9.17, 15) is 9.59 Å². The number of rotatable bonds is 6. The second kappa shape index (κ2) is 6.58. The molecule has 1 aromatic rings. The van der Waals surface area contributed by atoms with Gasteiger partial charge < -0.3 is 14.7 Å². The van der Waals surface area contributed by atoms with Gasteiger partial charge in [-0.2, -0.15) is 0 Å². The average Bonchev–Trinajstić information content (AvgIpc) is 2.34. The van der Waals surface area contributed by atoms with E-state index < -0.39 is 5.97 Å². The molecular formula is C12H16N2O4. The highest BCUT2D eigenvalue weighted by atomic mass is 16.5. The predicted octanol–water partition coefficient (Wildman–Crippen LogP) is 1.03. The molecule has 6 heteroatoms. The van der Waals surface area contributed by atoms with Crippen molar-refractivity contribution in [3.05, 3.63) is 24.0 Å². The van der Waals surface area contributed by atoms with Crippen LogP contribution >= 0.6 is 0 Å². The topological polar surface area (TPSA) is 79.7 Å². The van der Waals surface area contributed by atoms with Gasteiger partial charge in [0.1, 0.15) is 5.75 Å². The number of pyridine rings is 1. The zero-order valence-electron chi connectivity index (χ0n) is 10.4. The highest BCUT2D eigenvalue weighted by Gasteiger charge is 2.06. The molecule has 0 aliphatic rings. The number of hydrogen-bond acceptors (Lipinski definition) is 4. The zero-order valence-corrected chi connectivity index (χ0v) is 10.4. The van der Waals surface area contributed by atoms with Gasteiger partial charge >= 0.3 is 5.97 Å². The van der Waals surface area contributed by atoms with Gasteiger partial charge in [0.2, 0.25) is 5.91 Å². The molecule has 1 rings (SSSR count). The van der Waals surface area contributed by atoms with Crippen molar-refractivity contribution >= 4 is 11.9 Å². The first kappa shape index (κ1) is 14.0. The lowest BCUT2D eigenvalue weighted by atomic mass is 10.3. The molecule has 0 saturated carbocycles. The number of carboxylic acid groups (broad SMARTS) is 1. The summed E-state index contributed by atoms with van der Waals surface area (Å²) in [7, 11) is 3.40. The third kappa shape index (κ3) is 4.40. The second-order valence-corrected chi connectivity index (χ2v) is 3.95. The minimum atomic E-state index is -1.05. The molecule has 0 saturated heterocycles. The summed E-state index contributed by atoms with van der Waals surface area (Å²) in [6.07, 6.45) is 3.68. The van der Waals surface area contributed by atoms with E-state index in [2.05, 4.69) is 4.98 Å². The van der Waals surface area contributed by atoms with Crippen LogP contribution in [-0.4, -0.2) is 47.6 Å². The summed E-state index contributed by atoms with van der Waals surface area (Å²) in [4.78, 5) is 27.3. The fraction of sp³-hybridized carbons (Fsp3) is 0.417. The SMILES string of the molecule is CN(C)C(=O)CCCOc1cncc(C(=O)O)c1. The number of carbonyl (C=O) groups excluding carboxylic acids is 1. The van der Waals surface area contributed by atoms with Crippen molar-refractivity contribution in [2.75, 3.05) is 20.7 Å². The van der Waals surface area contributed by atoms with Gasteiger partial charge in [-0.25, -0.2) is 4.79 Å². The summed E-state index contributed by atoms with van der Waals surface area (Å²) in [5, 5.41) is 8.77. The van der Waals surface area contributed by atoms with Crippen LogP contribution in [0.3, 0.4) is 0 Å². The number of carbonyl (C=O) groups is 2. The first-order valence-electron chi connectivity index (χ1n) is 5.52. The van der Waals surface area contributed by atoms with Crippen LogP contribution in [-0.2, 0) is 4.79 Å². The van der Waals surface area contributed by atoms with Gasteiger partial charge in [-0.15, -0.1) is 0 Å². The Bertz CT molecular complexity index is 432. The van der Waals surface area contributed by atoms with E-state index in [4.69, 9.17) is 9.84 Å². The standard InChI is InChI=1S/C12H16N2O4/c1-14(2)11(15)4-3-5-18-10-6-9(12(16)17)7-13-8-10/h6-8H,3-5H2,1-2H3,(H,16,17). The van der Waals surface area contributed by atoms with Crippen molar-refractivity contribution in [3.63, 3.8) is 0 Å². The van der Waals surface area contributed by atoms with Gasteiger partial charge in [0.15, 0.2) is 0 Å². The Labute approximate surface area is 105 Å². The number of carboxylic acids is 1. The maximum atomic E-state index is 11.3. The van der Waals surface area contributed by atoms with Crippen molar-refractivity contribution in [1.82, 2.24) is 9.88 Å². The first-order chi connectivity index (χ1) is 8.50. The number of nitrogens with zero attached hydrogens (tertiary/aromatic N) is 2. The van der Waals surface area contributed by atoms with Gasteiger partial charge in [0.25, 0.3) is 0 Å². The highest BCUT2D eigenvalue weighted by molar-refractivity contribution is 5.87. The van der Waals surface area contributed by atoms with Crippen LogP contribution in [0.25, 0.3) is 0 Å². The summed E-state index contributed by atoms with van der Waals surface area (Å²) < 4.78 is 5.33. The van der Waals surface area contributed by atoms with E-state index >= 15 is 0 Å². The summed E-state index contributed by atoms with van der Waals surface area (Å²) >= 11 is 0. The Morgan fingerprint density at radius 1 is 1.39 bits per heavy atom. The second-order valence-electron chi connectivity index (χ2n) is 3.95. The van der Waals surface area contributed by atoms with Crippen LogP contribution in [0.2, 0.25) is 0 Å². The Morgan fingerprint density at radius 3 is 2.72 bits per heavy atom. The molecule has 1 amide bonds. The molecule has 0 fully saturated rings. The van der Waals surface area contributed by atoms with Crippen LogP contribution in [0.5, 0.6) is 5.75 Å². The minimum absolute atomic E-state index is 0.0380. The monoisotopic (exact) mass is 252 g/mol. The van der Waals surface area contributed by atoms with Crippen molar-refractivity contribution in [2.24, 2.45) is 0 Å². The Morgan fingerprint density at radius 2 is 2.11 bits per heavy atom. The van der Waals surface area contributed by atoms with Crippen molar-refractivity contribution < 1.29 is 19.4 Å². The normalized spacial score (nSPS) is 9.89. The number of amides is 1. The molecular weight excluding hydrogens is 236 g/mol. The lowest BCUT2D eigenvalue weighted by Crippen LogP contribution is -2.21. The Kier molecular flexibility index (Phi) is 5.10. The van der Waals surface area contributed by atoms with Crippen LogP contribution in [0, 0.1) is 0 Å². The molecule has 0 spiro atoms. The third-order valence-corrected chi connectivity index (χ3v) is 2.26. The maximum Gasteiger partial charge on any atom is 0.337 e. The largest absolute Gasteiger partial charge is 0.492 e. The highest BCUT2D eigenvalue weighted by Crippen LogP contribution is 2.11. The minimum Gasteiger partial charge on any atom is -0.492 e. The molecule has 0 aliphatic heterocycles. The van der Waals surface area contributed by atoms with Crippen LogP contribution in [0.1, 0.15) is 23.2 Å². The molecule has 6 nitrogen and oxygen atoms in total. The molecule has 1 aromatic heterocycles. The quantitative estimate of drug-likeness (QED) is 0.765. The molecule has 98 valence electrons. The van der Waals surface area contributed by atoms with Gasteiger partial charge in [-0.1, -0.05) is 0 Å². The summed E-state index contributed by atoms with van der Waals surface area (Å²) in [6, 6.07) is 1.41. The Hall–Kier alpha value is -2.11. The molecule has 0 atom stereocenters. The molecule has 1 N–H and O–H groups in total. The average molecular weight is 252 g/mol. The van der Waals surface area contributed by atoms with E-state index in [0.29, 0.717) is 25.2 Å². The third-order valence-electron chi connectivity index (χ3n) is 2.26. The lowest BCUT2D eigenvalue weighted by molar-refractivity contribution is -0.128. The predicted molar refractivity (Wildman–Crippen MR) is 64.6 cm³/mol. The fourth-order valence-corrected chi connectivity index (χ4v) is 1.25. The van der Waals surface area contributed by atoms with E-state index in [1.54, 1.807) is 14.1 Å². The molecule has 0 bridgehead atoms. The van der Waals surface area contributed by atoms with Crippen molar-refractivity contribution in [2.45, 2.75) is 12.8 Å². The van der Waals surface area contributed by atoms with Crippen molar-refractivity contribution in [3.8, 4) is 5.75 Å². The van der Waals surface area contributed by atoms with E-state index in [-0.39, 0.29) is 11.5 Å². The summed E-state index contributed by atoms with van der Waals surface area (Å²) in [6.45, 7) is 0.352. The smallest absolute Gasteiger partial charge is 0.337 e. The van der Waals surface area contributed by atoms with Gasteiger partial charge in [0, 0.05) is 26.7 Å². The maximum absolute atomic E-state index is 11.3. The summed E-state index contributed by atoms with van der Waals surface area (Å²) in [5.41, 5.74) is 0.0804. The molecule has 1 heterocycles. The molecule has 0 radical (unpaired) electrons. The van der Waals surface area contributed by atoms with Gasteiger partial charge in [0.05, 0.1) is 18.4 Å². The van der Waals surface area contributed by atoms with Gasteiger partial charge in [-0.05, 0) is 12.5 Å². The van der Waals surface area contributed by atoms with Crippen LogP contribution in [0.4, 0.5) is 0 Å². The number of hydrogen-bond donors (Lipinski definition) is 1. The number of aromatic nitrogens is 1. The van der Waals surface area contributed by atoms with E-state index in [0.717, 1.165) is 0 Å². The van der Waals surface area contributed by atoms with Crippen molar-refractivity contribution in [1.29, 1.82) is 0 Å². The van der Waals surface area contributed by atoms with Crippen LogP contribution in [0.15, 0.2) is 18.5 Å². The van der Waals surface area contributed by atoms with Gasteiger partial charge in [-0.3, -0.25) is 9.78 Å². The number of aromatic carboxylic acids is 1. The molecule has 0 aliphatic carbocycles. The molecule has 0 aromatic carbocycles. The lowest BCUT2D eigenvalue weighted by Gasteiger charge is -2.10. The van der Waals surface area contributed by atoms with Crippen LogP contribution < -0.4 is 4.74 Å². The zero-order chi connectivity index (χ0) is 13.5. The first-order valence-corrected chi connectivity index (χ1v) is 5.52. The fourth-order valence-electron chi connectivity index (χ4n) is 1.25. The molecule has 18 heavy (non-hydrogen) atoms. The van der Waals surface area contributed by atoms with E-state index in [1.165, 1.54) is 23.4 Å². The Balaban J connectivity index is 2.38. The van der Waals surface area contributed by atoms with E-state index in [1.807, 2.05) is 0 Å².